The molecule has 0 radical (unpaired) electrons. The maximum Gasteiger partial charge on any atom is 0.0622 e. The van der Waals surface area contributed by atoms with Crippen LogP contribution in [0.25, 0.3) is 0 Å². The van der Waals surface area contributed by atoms with Crippen LogP contribution in [-0.4, -0.2) is 43.3 Å². The van der Waals surface area contributed by atoms with Crippen molar-refractivity contribution in [2.75, 3.05) is 26.3 Å². The second-order valence-corrected chi connectivity index (χ2v) is 5.65. The molecule has 0 saturated carbocycles. The smallest absolute Gasteiger partial charge is 0.0622 e. The van der Waals surface area contributed by atoms with E-state index in [1.807, 2.05) is 0 Å². The summed E-state index contributed by atoms with van der Waals surface area (Å²) in [7, 11) is 0. The molecule has 3 unspecified atom stereocenters. The van der Waals surface area contributed by atoms with E-state index in [-0.39, 0.29) is 0 Å². The lowest BCUT2D eigenvalue weighted by atomic mass is 9.97. The minimum atomic E-state index is 0.496. The van der Waals surface area contributed by atoms with Gasteiger partial charge in [-0.25, -0.2) is 0 Å². The van der Waals surface area contributed by atoms with Gasteiger partial charge in [-0.3, -0.25) is 4.90 Å². The highest BCUT2D eigenvalue weighted by molar-refractivity contribution is 5.20. The van der Waals surface area contributed by atoms with Crippen molar-refractivity contribution in [1.82, 2.24) is 10.2 Å². The second kappa shape index (κ2) is 6.04. The maximum atomic E-state index is 5.60. The highest BCUT2D eigenvalue weighted by Gasteiger charge is 2.34. The van der Waals surface area contributed by atoms with E-state index < -0.39 is 0 Å². The van der Waals surface area contributed by atoms with Gasteiger partial charge in [0.2, 0.25) is 0 Å². The van der Waals surface area contributed by atoms with Crippen molar-refractivity contribution >= 4 is 0 Å². The van der Waals surface area contributed by atoms with Crippen molar-refractivity contribution in [2.45, 2.75) is 37.9 Å². The van der Waals surface area contributed by atoms with Gasteiger partial charge in [-0.1, -0.05) is 37.3 Å². The standard InChI is InChI=1S/C16H24N2O/c1-2-14-11-18(15-8-9-19-12-15)16(10-17-14)13-6-4-3-5-7-13/h3-7,14-17H,2,8-12H2,1H3. The first kappa shape index (κ1) is 13.1. The van der Waals surface area contributed by atoms with Gasteiger partial charge in [-0.15, -0.1) is 0 Å². The van der Waals surface area contributed by atoms with E-state index >= 15 is 0 Å². The van der Waals surface area contributed by atoms with Gasteiger partial charge < -0.3 is 10.1 Å². The monoisotopic (exact) mass is 260 g/mol. The van der Waals surface area contributed by atoms with Crippen LogP contribution in [0, 0.1) is 0 Å². The van der Waals surface area contributed by atoms with E-state index in [4.69, 9.17) is 4.74 Å². The van der Waals surface area contributed by atoms with Gasteiger partial charge in [0.1, 0.15) is 0 Å². The summed E-state index contributed by atoms with van der Waals surface area (Å²) in [6, 6.07) is 12.6. The molecule has 0 bridgehead atoms. The molecule has 2 heterocycles. The summed E-state index contributed by atoms with van der Waals surface area (Å²) in [5.41, 5.74) is 1.43. The van der Waals surface area contributed by atoms with Gasteiger partial charge in [0.05, 0.1) is 6.61 Å². The van der Waals surface area contributed by atoms with E-state index in [9.17, 15) is 0 Å². The minimum Gasteiger partial charge on any atom is -0.380 e. The Hall–Kier alpha value is -0.900. The molecule has 2 saturated heterocycles. The zero-order valence-corrected chi connectivity index (χ0v) is 11.7. The van der Waals surface area contributed by atoms with Crippen LogP contribution in [0.15, 0.2) is 30.3 Å². The largest absolute Gasteiger partial charge is 0.380 e. The minimum absolute atomic E-state index is 0.496. The van der Waals surface area contributed by atoms with Crippen molar-refractivity contribution in [2.24, 2.45) is 0 Å². The van der Waals surface area contributed by atoms with Crippen molar-refractivity contribution < 1.29 is 4.74 Å². The van der Waals surface area contributed by atoms with Gasteiger partial charge in [0.15, 0.2) is 0 Å². The van der Waals surface area contributed by atoms with Crippen molar-refractivity contribution in [3.8, 4) is 0 Å². The summed E-state index contributed by atoms with van der Waals surface area (Å²) in [5.74, 6) is 0. The molecule has 3 atom stereocenters. The normalized spacial score (nSPS) is 32.6. The van der Waals surface area contributed by atoms with Gasteiger partial charge >= 0.3 is 0 Å². The molecule has 2 aliphatic heterocycles. The summed E-state index contributed by atoms with van der Waals surface area (Å²) >= 11 is 0. The average molecular weight is 260 g/mol. The Morgan fingerprint density at radius 2 is 2.16 bits per heavy atom. The molecule has 0 aromatic heterocycles. The Morgan fingerprint density at radius 3 is 2.84 bits per heavy atom. The lowest BCUT2D eigenvalue weighted by molar-refractivity contribution is 0.0686. The number of nitrogens with zero attached hydrogens (tertiary/aromatic N) is 1. The summed E-state index contributed by atoms with van der Waals surface area (Å²) in [4.78, 5) is 2.67. The Balaban J connectivity index is 1.80. The van der Waals surface area contributed by atoms with Crippen LogP contribution in [-0.2, 0) is 4.74 Å². The fraction of sp³-hybridized carbons (Fsp3) is 0.625. The molecule has 0 spiro atoms. The molecule has 0 aliphatic carbocycles. The molecule has 0 amide bonds. The molecule has 1 aromatic rings. The highest BCUT2D eigenvalue weighted by atomic mass is 16.5. The van der Waals surface area contributed by atoms with Gasteiger partial charge in [-0.2, -0.15) is 0 Å². The molecule has 3 heteroatoms. The predicted octanol–water partition coefficient (Wildman–Crippen LogP) is 2.20. The number of benzene rings is 1. The van der Waals surface area contributed by atoms with E-state index in [2.05, 4.69) is 47.5 Å². The first-order valence-electron chi connectivity index (χ1n) is 7.50. The number of nitrogens with one attached hydrogen (secondary N) is 1. The van der Waals surface area contributed by atoms with Crippen LogP contribution >= 0.6 is 0 Å². The fourth-order valence-electron chi connectivity index (χ4n) is 3.29. The number of hydrogen-bond acceptors (Lipinski definition) is 3. The molecule has 3 nitrogen and oxygen atoms in total. The number of rotatable bonds is 3. The van der Waals surface area contributed by atoms with Crippen LogP contribution in [0.2, 0.25) is 0 Å². The third-order valence-electron chi connectivity index (χ3n) is 4.48. The Labute approximate surface area is 115 Å². The molecule has 19 heavy (non-hydrogen) atoms. The summed E-state index contributed by atoms with van der Waals surface area (Å²) in [6.07, 6.45) is 2.38. The van der Waals surface area contributed by atoms with E-state index in [0.29, 0.717) is 18.1 Å². The van der Waals surface area contributed by atoms with Crippen LogP contribution in [0.3, 0.4) is 0 Å². The topological polar surface area (TPSA) is 24.5 Å². The zero-order valence-electron chi connectivity index (χ0n) is 11.7. The van der Waals surface area contributed by atoms with E-state index in [1.54, 1.807) is 0 Å². The number of hydrogen-bond donors (Lipinski definition) is 1. The summed E-state index contributed by atoms with van der Waals surface area (Å²) < 4.78 is 5.60. The maximum absolute atomic E-state index is 5.60. The van der Waals surface area contributed by atoms with Crippen molar-refractivity contribution in [3.63, 3.8) is 0 Å². The first-order chi connectivity index (χ1) is 9.38. The third-order valence-corrected chi connectivity index (χ3v) is 4.48. The SMILES string of the molecule is CCC1CN(C2CCOC2)C(c2ccccc2)CN1. The average Bonchev–Trinajstić information content (AvgIpc) is 3.01. The lowest BCUT2D eigenvalue weighted by Gasteiger charge is -2.43. The lowest BCUT2D eigenvalue weighted by Crippen LogP contribution is -2.55. The van der Waals surface area contributed by atoms with Gasteiger partial charge in [0, 0.05) is 37.8 Å². The molecular weight excluding hydrogens is 236 g/mol. The quantitative estimate of drug-likeness (QED) is 0.901. The Bertz CT molecular complexity index is 389. The second-order valence-electron chi connectivity index (χ2n) is 5.65. The predicted molar refractivity (Wildman–Crippen MR) is 77.2 cm³/mol. The molecule has 104 valence electrons. The van der Waals surface area contributed by atoms with Crippen molar-refractivity contribution in [3.05, 3.63) is 35.9 Å². The van der Waals surface area contributed by atoms with E-state index in [1.165, 1.54) is 18.4 Å². The van der Waals surface area contributed by atoms with Crippen LogP contribution in [0.5, 0.6) is 0 Å². The Morgan fingerprint density at radius 1 is 1.32 bits per heavy atom. The van der Waals surface area contributed by atoms with Crippen molar-refractivity contribution in [1.29, 1.82) is 0 Å². The fourth-order valence-corrected chi connectivity index (χ4v) is 3.29. The molecule has 1 aromatic carbocycles. The molecule has 2 fully saturated rings. The Kier molecular flexibility index (Phi) is 4.16. The van der Waals surface area contributed by atoms with Crippen LogP contribution in [0.1, 0.15) is 31.4 Å². The molecule has 3 rings (SSSR count). The zero-order chi connectivity index (χ0) is 13.1. The van der Waals surface area contributed by atoms with Crippen LogP contribution < -0.4 is 5.32 Å². The third kappa shape index (κ3) is 2.83. The summed E-state index contributed by atoms with van der Waals surface area (Å²) in [6.45, 7) is 6.29. The van der Waals surface area contributed by atoms with Gasteiger partial charge in [-0.05, 0) is 18.4 Å². The summed E-state index contributed by atoms with van der Waals surface area (Å²) in [5, 5.41) is 3.69. The number of piperazine rings is 1. The number of ether oxygens (including phenoxy) is 1. The highest BCUT2D eigenvalue weighted by Crippen LogP contribution is 2.29. The molecule has 2 aliphatic rings. The van der Waals surface area contributed by atoms with Crippen LogP contribution in [0.4, 0.5) is 0 Å². The molecular formula is C16H24N2O. The first-order valence-corrected chi connectivity index (χ1v) is 7.50. The van der Waals surface area contributed by atoms with Gasteiger partial charge in [0.25, 0.3) is 0 Å². The molecule has 1 N–H and O–H groups in total. The van der Waals surface area contributed by atoms with E-state index in [0.717, 1.165) is 26.3 Å².